The molecule has 4 fully saturated rings. The minimum Gasteiger partial charge on any atom is -0.390 e. The molecule has 33 heavy (non-hydrogen) atoms. The molecule has 4 aliphatic rings. The standard InChI is InChI=1S/C24H33NO8/c1-23(2)30-11-13(31-23)19-20(33-24(3,4)32-19)15-17(26)14(12-9-7-6-8-10-12)18(27)16-21(29-5)22(28)25(15)16/h6-10,13-21,26-27H,11H2,1-5H3/t13-,14-,15+,16-,17-,18+,19+,20-,21+/m1/s1. The zero-order chi connectivity index (χ0) is 23.7. The summed E-state index contributed by atoms with van der Waals surface area (Å²) in [6.07, 6.45) is -4.58. The molecule has 2 N–H and O–H groups in total. The molecule has 4 heterocycles. The SMILES string of the molecule is CO[C@@H]1C(=O)N2[C@@H]1[C@@H](O)[C@H](c1ccccc1)[C@@H](O)[C@H]2[C@H]1OC(C)(C)O[C@H]1[C@H]1COC(C)(C)O1. The molecule has 1 aromatic carbocycles. The van der Waals surface area contributed by atoms with Gasteiger partial charge in [-0.15, -0.1) is 0 Å². The van der Waals surface area contributed by atoms with Crippen LogP contribution in [0.15, 0.2) is 30.3 Å². The van der Waals surface area contributed by atoms with Crippen LogP contribution in [-0.2, 0) is 28.5 Å². The number of rotatable bonds is 4. The predicted octanol–water partition coefficient (Wildman–Crippen LogP) is 0.772. The van der Waals surface area contributed by atoms with Gasteiger partial charge >= 0.3 is 0 Å². The van der Waals surface area contributed by atoms with Crippen molar-refractivity contribution in [3.8, 4) is 0 Å². The Bertz CT molecular complexity index is 892. The van der Waals surface area contributed by atoms with Gasteiger partial charge in [0, 0.05) is 13.0 Å². The quantitative estimate of drug-likeness (QED) is 0.631. The minimum absolute atomic E-state index is 0.284. The lowest BCUT2D eigenvalue weighted by molar-refractivity contribution is -0.229. The first-order valence-corrected chi connectivity index (χ1v) is 11.5. The Labute approximate surface area is 193 Å². The van der Waals surface area contributed by atoms with E-state index in [1.54, 1.807) is 13.8 Å². The molecule has 4 saturated heterocycles. The third kappa shape index (κ3) is 3.70. The first-order chi connectivity index (χ1) is 15.5. The number of fused-ring (bicyclic) bond motifs is 1. The lowest BCUT2D eigenvalue weighted by Gasteiger charge is -2.60. The molecule has 0 bridgehead atoms. The van der Waals surface area contributed by atoms with Gasteiger partial charge in [0.25, 0.3) is 5.91 Å². The molecule has 182 valence electrons. The lowest BCUT2D eigenvalue weighted by atomic mass is 9.69. The maximum Gasteiger partial charge on any atom is 0.254 e. The Morgan fingerprint density at radius 2 is 1.58 bits per heavy atom. The zero-order valence-corrected chi connectivity index (χ0v) is 19.6. The van der Waals surface area contributed by atoms with Crippen LogP contribution in [0.4, 0.5) is 0 Å². The first kappa shape index (κ1) is 23.2. The fourth-order valence-corrected chi connectivity index (χ4v) is 5.89. The fraction of sp³-hybridized carbons (Fsp3) is 0.708. The second kappa shape index (κ2) is 7.98. The van der Waals surface area contributed by atoms with Crippen molar-refractivity contribution in [2.75, 3.05) is 13.7 Å². The number of ether oxygens (including phenoxy) is 5. The topological polar surface area (TPSA) is 107 Å². The number of hydrogen-bond acceptors (Lipinski definition) is 8. The van der Waals surface area contributed by atoms with Crippen molar-refractivity contribution < 1.29 is 38.7 Å². The summed E-state index contributed by atoms with van der Waals surface area (Å²) in [5.74, 6) is -2.63. The molecule has 4 aliphatic heterocycles. The summed E-state index contributed by atoms with van der Waals surface area (Å²) >= 11 is 0. The van der Waals surface area contributed by atoms with Gasteiger partial charge in [-0.2, -0.15) is 0 Å². The monoisotopic (exact) mass is 463 g/mol. The largest absolute Gasteiger partial charge is 0.390 e. The molecule has 1 amide bonds. The zero-order valence-electron chi connectivity index (χ0n) is 19.6. The van der Waals surface area contributed by atoms with Crippen LogP contribution >= 0.6 is 0 Å². The van der Waals surface area contributed by atoms with E-state index in [1.807, 2.05) is 44.2 Å². The summed E-state index contributed by atoms with van der Waals surface area (Å²) < 4.78 is 29.8. The van der Waals surface area contributed by atoms with Crippen LogP contribution in [-0.4, -0.2) is 95.0 Å². The highest BCUT2D eigenvalue weighted by molar-refractivity contribution is 5.89. The number of carbonyl (C=O) groups excluding carboxylic acids is 1. The second-order valence-electron chi connectivity index (χ2n) is 10.2. The third-order valence-electron chi connectivity index (χ3n) is 7.22. The van der Waals surface area contributed by atoms with Gasteiger partial charge in [0.15, 0.2) is 17.7 Å². The van der Waals surface area contributed by atoms with E-state index in [0.29, 0.717) is 6.61 Å². The van der Waals surface area contributed by atoms with Crippen LogP contribution in [0, 0.1) is 0 Å². The average Bonchev–Trinajstić information content (AvgIpc) is 3.27. The van der Waals surface area contributed by atoms with Gasteiger partial charge in [-0.3, -0.25) is 4.79 Å². The molecule has 9 heteroatoms. The lowest BCUT2D eigenvalue weighted by Crippen LogP contribution is -2.80. The van der Waals surface area contributed by atoms with E-state index in [-0.39, 0.29) is 5.91 Å². The van der Waals surface area contributed by atoms with E-state index in [2.05, 4.69) is 0 Å². The Morgan fingerprint density at radius 1 is 0.939 bits per heavy atom. The minimum atomic E-state index is -1.10. The number of benzene rings is 1. The van der Waals surface area contributed by atoms with Crippen LogP contribution in [0.3, 0.4) is 0 Å². The average molecular weight is 464 g/mol. The summed E-state index contributed by atoms with van der Waals surface area (Å²) in [6, 6.07) is 7.98. The molecule has 0 radical (unpaired) electrons. The van der Waals surface area contributed by atoms with E-state index in [1.165, 1.54) is 12.0 Å². The van der Waals surface area contributed by atoms with E-state index in [0.717, 1.165) is 5.56 Å². The number of nitrogens with zero attached hydrogens (tertiary/aromatic N) is 1. The second-order valence-corrected chi connectivity index (χ2v) is 10.2. The maximum absolute atomic E-state index is 13.0. The maximum atomic E-state index is 13.0. The molecule has 9 nitrogen and oxygen atoms in total. The van der Waals surface area contributed by atoms with Crippen molar-refractivity contribution >= 4 is 5.91 Å². The van der Waals surface area contributed by atoms with Gasteiger partial charge in [-0.25, -0.2) is 0 Å². The van der Waals surface area contributed by atoms with Gasteiger partial charge < -0.3 is 38.8 Å². The Balaban J connectivity index is 1.53. The molecule has 5 rings (SSSR count). The van der Waals surface area contributed by atoms with Crippen LogP contribution < -0.4 is 0 Å². The molecular formula is C24H33NO8. The first-order valence-electron chi connectivity index (χ1n) is 11.5. The van der Waals surface area contributed by atoms with Crippen LogP contribution in [0.1, 0.15) is 39.2 Å². The Kier molecular flexibility index (Phi) is 5.60. The number of methoxy groups -OCH3 is 1. The molecular weight excluding hydrogens is 430 g/mol. The summed E-state index contributed by atoms with van der Waals surface area (Å²) in [5.41, 5.74) is 0.785. The van der Waals surface area contributed by atoms with Gasteiger partial charge in [0.2, 0.25) is 0 Å². The van der Waals surface area contributed by atoms with Crippen molar-refractivity contribution in [1.82, 2.24) is 4.90 Å². The van der Waals surface area contributed by atoms with Crippen LogP contribution in [0.5, 0.6) is 0 Å². The van der Waals surface area contributed by atoms with Crippen LogP contribution in [0.25, 0.3) is 0 Å². The molecule has 0 spiro atoms. The van der Waals surface area contributed by atoms with Crippen molar-refractivity contribution in [2.24, 2.45) is 0 Å². The highest BCUT2D eigenvalue weighted by atomic mass is 16.8. The summed E-state index contributed by atoms with van der Waals surface area (Å²) in [7, 11) is 1.46. The number of β-lactam (4-membered cyclic amide) rings is 1. The Morgan fingerprint density at radius 3 is 2.18 bits per heavy atom. The number of aliphatic hydroxyl groups is 2. The molecule has 0 saturated carbocycles. The van der Waals surface area contributed by atoms with Crippen LogP contribution in [0.2, 0.25) is 0 Å². The highest BCUT2D eigenvalue weighted by Gasteiger charge is 2.66. The summed E-state index contributed by atoms with van der Waals surface area (Å²) in [4.78, 5) is 14.6. The van der Waals surface area contributed by atoms with E-state index >= 15 is 0 Å². The van der Waals surface area contributed by atoms with Gasteiger partial charge in [0.05, 0.1) is 30.9 Å². The normalized spacial score (nSPS) is 43.9. The van der Waals surface area contributed by atoms with Crippen molar-refractivity contribution in [3.05, 3.63) is 35.9 Å². The molecule has 1 aromatic rings. The Hall–Kier alpha value is -1.59. The third-order valence-corrected chi connectivity index (χ3v) is 7.22. The van der Waals surface area contributed by atoms with E-state index in [4.69, 9.17) is 23.7 Å². The number of amides is 1. The summed E-state index contributed by atoms with van der Waals surface area (Å²) in [5, 5.41) is 22.9. The van der Waals surface area contributed by atoms with Crippen molar-refractivity contribution in [3.63, 3.8) is 0 Å². The number of carbonyl (C=O) groups is 1. The van der Waals surface area contributed by atoms with Gasteiger partial charge in [-0.1, -0.05) is 30.3 Å². The van der Waals surface area contributed by atoms with E-state index < -0.39 is 66.2 Å². The van der Waals surface area contributed by atoms with Crippen molar-refractivity contribution in [2.45, 2.75) is 93.9 Å². The fourth-order valence-electron chi connectivity index (χ4n) is 5.89. The van der Waals surface area contributed by atoms with Gasteiger partial charge in [-0.05, 0) is 33.3 Å². The molecule has 0 aromatic heterocycles. The highest BCUT2D eigenvalue weighted by Crippen LogP contribution is 2.48. The summed E-state index contributed by atoms with van der Waals surface area (Å²) in [6.45, 7) is 7.57. The smallest absolute Gasteiger partial charge is 0.254 e. The molecule has 0 aliphatic carbocycles. The number of aliphatic hydroxyl groups excluding tert-OH is 2. The number of hydrogen-bond donors (Lipinski definition) is 2. The predicted molar refractivity (Wildman–Crippen MR) is 115 cm³/mol. The van der Waals surface area contributed by atoms with Gasteiger partial charge in [0.1, 0.15) is 18.3 Å². The number of piperidine rings is 1. The molecule has 9 atom stereocenters. The van der Waals surface area contributed by atoms with E-state index in [9.17, 15) is 15.0 Å². The molecule has 0 unspecified atom stereocenters. The van der Waals surface area contributed by atoms with Crippen molar-refractivity contribution in [1.29, 1.82) is 0 Å².